The minimum Gasteiger partial charge on any atom is -0.444 e. The lowest BCUT2D eigenvalue weighted by Crippen LogP contribution is -2.44. The molecule has 2 N–H and O–H groups in total. The van der Waals surface area contributed by atoms with Gasteiger partial charge in [-0.1, -0.05) is 60.7 Å². The Bertz CT molecular complexity index is 2450. The van der Waals surface area contributed by atoms with Gasteiger partial charge in [0.1, 0.15) is 17.5 Å². The van der Waals surface area contributed by atoms with Crippen LogP contribution in [0.25, 0.3) is 0 Å². The standard InChI is InChI=1S/C34H45N5O5.C24H28N6/c1-33(2,3)43-31(41)38(24-29-11-7-9-17-35-29)21-19-37(23-27-13-15-28(26-40)16-14-27)20-22-39(32(42)44-34(4,5)6)25-30-12-8-10-18-36-30;25-17-21-7-9-22(10-8-21)20-30(15-13-26-18-23-5-1-3-11-28-23)16-14-27-19-24-6-2-4-12-29-24/h7-18,26H,19-25H2,1-6H3;1-12,26-27H,13-16,18-20H2. The fourth-order valence-corrected chi connectivity index (χ4v) is 7.38. The van der Waals surface area contributed by atoms with Crippen molar-refractivity contribution in [2.45, 2.75) is 92.0 Å². The minimum atomic E-state index is -0.654. The second kappa shape index (κ2) is 30.6. The summed E-state index contributed by atoms with van der Waals surface area (Å²) in [6.45, 7) is 19.9. The Balaban J connectivity index is 0.000000294. The van der Waals surface area contributed by atoms with E-state index in [2.05, 4.69) is 46.4 Å². The van der Waals surface area contributed by atoms with Gasteiger partial charge in [-0.2, -0.15) is 5.26 Å². The third kappa shape index (κ3) is 23.0. The molecule has 0 bridgehead atoms. The van der Waals surface area contributed by atoms with Crippen molar-refractivity contribution >= 4 is 18.5 Å². The molecule has 0 aliphatic carbocycles. The van der Waals surface area contributed by atoms with Crippen molar-refractivity contribution in [3.05, 3.63) is 191 Å². The quantitative estimate of drug-likeness (QED) is 0.0410. The molecule has 0 spiro atoms. The van der Waals surface area contributed by atoms with E-state index >= 15 is 0 Å². The molecule has 16 nitrogen and oxygen atoms in total. The number of amides is 2. The van der Waals surface area contributed by atoms with E-state index in [1.807, 2.05) is 163 Å². The van der Waals surface area contributed by atoms with Gasteiger partial charge >= 0.3 is 12.2 Å². The molecule has 16 heteroatoms. The Morgan fingerprint density at radius 3 is 1.24 bits per heavy atom. The van der Waals surface area contributed by atoms with E-state index in [1.165, 1.54) is 5.56 Å². The van der Waals surface area contributed by atoms with E-state index in [4.69, 9.17) is 14.7 Å². The first-order chi connectivity index (χ1) is 35.6. The van der Waals surface area contributed by atoms with Crippen LogP contribution in [0.2, 0.25) is 0 Å². The van der Waals surface area contributed by atoms with Crippen LogP contribution in [0.5, 0.6) is 0 Å². The molecule has 2 aromatic carbocycles. The zero-order chi connectivity index (χ0) is 53.0. The van der Waals surface area contributed by atoms with Gasteiger partial charge in [0.05, 0.1) is 47.5 Å². The van der Waals surface area contributed by atoms with Gasteiger partial charge in [-0.3, -0.25) is 34.5 Å². The van der Waals surface area contributed by atoms with Crippen LogP contribution in [-0.2, 0) is 48.7 Å². The van der Waals surface area contributed by atoms with E-state index in [0.29, 0.717) is 56.9 Å². The van der Waals surface area contributed by atoms with Crippen LogP contribution in [0.4, 0.5) is 9.59 Å². The van der Waals surface area contributed by atoms with Crippen molar-refractivity contribution in [3.63, 3.8) is 0 Å². The van der Waals surface area contributed by atoms with Gasteiger partial charge < -0.3 is 29.9 Å². The van der Waals surface area contributed by atoms with Crippen LogP contribution in [-0.4, -0.2) is 122 Å². The number of carbonyl (C=O) groups is 3. The number of hydrogen-bond acceptors (Lipinski definition) is 14. The third-order valence-electron chi connectivity index (χ3n) is 11.1. The predicted molar refractivity (Wildman–Crippen MR) is 287 cm³/mol. The molecule has 0 aliphatic heterocycles. The summed E-state index contributed by atoms with van der Waals surface area (Å²) >= 11 is 0. The maximum atomic E-state index is 13.2. The first kappa shape index (κ1) is 57.5. The van der Waals surface area contributed by atoms with E-state index in [-0.39, 0.29) is 0 Å². The van der Waals surface area contributed by atoms with Crippen LogP contribution in [0.3, 0.4) is 0 Å². The maximum absolute atomic E-state index is 13.2. The molecule has 74 heavy (non-hydrogen) atoms. The van der Waals surface area contributed by atoms with E-state index < -0.39 is 23.4 Å². The van der Waals surface area contributed by atoms with Crippen LogP contribution < -0.4 is 10.6 Å². The number of rotatable bonds is 25. The molecule has 0 atom stereocenters. The molecule has 0 saturated carbocycles. The molecule has 0 radical (unpaired) electrons. The molecule has 0 saturated heterocycles. The van der Waals surface area contributed by atoms with Gasteiger partial charge in [-0.15, -0.1) is 0 Å². The molecule has 0 aliphatic rings. The average molecular weight is 1000 g/mol. The number of ether oxygens (including phenoxy) is 2. The zero-order valence-corrected chi connectivity index (χ0v) is 43.9. The monoisotopic (exact) mass is 1000 g/mol. The van der Waals surface area contributed by atoms with Crippen molar-refractivity contribution < 1.29 is 23.9 Å². The van der Waals surface area contributed by atoms with Crippen molar-refractivity contribution in [3.8, 4) is 6.07 Å². The molecule has 6 rings (SSSR count). The second-order valence-electron chi connectivity index (χ2n) is 19.7. The average Bonchev–Trinajstić information content (AvgIpc) is 3.39. The lowest BCUT2D eigenvalue weighted by Gasteiger charge is -2.32. The Morgan fingerprint density at radius 2 is 0.892 bits per heavy atom. The first-order valence-electron chi connectivity index (χ1n) is 25.1. The van der Waals surface area contributed by atoms with Gasteiger partial charge in [-0.05, 0) is 113 Å². The lowest BCUT2D eigenvalue weighted by atomic mass is 10.1. The first-order valence-corrected chi connectivity index (χ1v) is 25.1. The van der Waals surface area contributed by atoms with E-state index in [1.54, 1.807) is 34.3 Å². The summed E-state index contributed by atoms with van der Waals surface area (Å²) in [4.78, 5) is 63.1. The smallest absolute Gasteiger partial charge is 0.410 e. The highest BCUT2D eigenvalue weighted by atomic mass is 16.6. The molecule has 4 aromatic heterocycles. The summed E-state index contributed by atoms with van der Waals surface area (Å²) in [5, 5.41) is 15.9. The van der Waals surface area contributed by atoms with Gasteiger partial charge in [0.25, 0.3) is 0 Å². The summed E-state index contributed by atoms with van der Waals surface area (Å²) in [7, 11) is 0. The zero-order valence-electron chi connectivity index (χ0n) is 43.9. The topological polar surface area (TPSA) is 182 Å². The molecule has 4 heterocycles. The van der Waals surface area contributed by atoms with Gasteiger partial charge in [0.2, 0.25) is 0 Å². The minimum absolute atomic E-state index is 0.293. The SMILES string of the molecule is CC(C)(C)OC(=O)N(CCN(CCN(Cc1ccccn1)C(=O)OC(C)(C)C)Cc1ccc(C=O)cc1)Cc1ccccn1.N#Cc1ccc(CN(CCNCc2ccccn2)CCNCc2ccccn2)cc1. The van der Waals surface area contributed by atoms with Crippen molar-refractivity contribution in [1.82, 2.24) is 50.2 Å². The van der Waals surface area contributed by atoms with Crippen LogP contribution in [0.1, 0.15) is 91.4 Å². The molecule has 390 valence electrons. The Hall–Kier alpha value is -7.42. The largest absolute Gasteiger partial charge is 0.444 e. The number of benzene rings is 2. The number of aromatic nitrogens is 4. The summed E-state index contributed by atoms with van der Waals surface area (Å²) in [6.07, 6.45) is 7.00. The van der Waals surface area contributed by atoms with Crippen molar-refractivity contribution in [1.29, 1.82) is 5.26 Å². The molecular weight excluding hydrogens is 931 g/mol. The Labute approximate surface area is 437 Å². The van der Waals surface area contributed by atoms with Crippen LogP contribution in [0, 0.1) is 11.3 Å². The number of carbonyl (C=O) groups excluding carboxylic acids is 3. The molecule has 0 unspecified atom stereocenters. The molecule has 0 fully saturated rings. The number of nitrogens with zero attached hydrogens (tertiary/aromatic N) is 9. The summed E-state index contributed by atoms with van der Waals surface area (Å²) in [6, 6.07) is 40.5. The van der Waals surface area contributed by atoms with Crippen LogP contribution in [0.15, 0.2) is 146 Å². The van der Waals surface area contributed by atoms with Gasteiger partial charge in [0.15, 0.2) is 0 Å². The number of nitrogens with one attached hydrogen (secondary N) is 2. The normalized spacial score (nSPS) is 11.3. The number of hydrogen-bond donors (Lipinski definition) is 2. The summed E-state index contributed by atoms with van der Waals surface area (Å²) in [5.41, 5.74) is 5.79. The third-order valence-corrected chi connectivity index (χ3v) is 11.1. The fraction of sp³-hybridized carbons (Fsp3) is 0.379. The Morgan fingerprint density at radius 1 is 0.514 bits per heavy atom. The summed E-state index contributed by atoms with van der Waals surface area (Å²) < 4.78 is 11.4. The highest BCUT2D eigenvalue weighted by Gasteiger charge is 2.26. The van der Waals surface area contributed by atoms with Gasteiger partial charge in [-0.25, -0.2) is 9.59 Å². The Kier molecular flexibility index (Phi) is 23.7. The van der Waals surface area contributed by atoms with Crippen molar-refractivity contribution in [2.24, 2.45) is 0 Å². The molecular formula is C58H73N11O5. The maximum Gasteiger partial charge on any atom is 0.410 e. The number of nitriles is 1. The van der Waals surface area contributed by atoms with E-state index in [0.717, 1.165) is 80.4 Å². The molecule has 6 aromatic rings. The molecule has 2 amide bonds. The summed E-state index contributed by atoms with van der Waals surface area (Å²) in [5.74, 6) is 0. The van der Waals surface area contributed by atoms with Crippen LogP contribution >= 0.6 is 0 Å². The van der Waals surface area contributed by atoms with Gasteiger partial charge in [0, 0.05) is 109 Å². The van der Waals surface area contributed by atoms with Crippen molar-refractivity contribution in [2.75, 3.05) is 52.4 Å². The highest BCUT2D eigenvalue weighted by molar-refractivity contribution is 5.74. The second-order valence-corrected chi connectivity index (χ2v) is 19.7. The fourth-order valence-electron chi connectivity index (χ4n) is 7.38. The number of pyridine rings is 4. The highest BCUT2D eigenvalue weighted by Crippen LogP contribution is 2.16. The number of aldehydes is 1. The van der Waals surface area contributed by atoms with E-state index in [9.17, 15) is 14.4 Å². The lowest BCUT2D eigenvalue weighted by molar-refractivity contribution is 0.0185. The predicted octanol–water partition coefficient (Wildman–Crippen LogP) is 8.70.